The molecule has 0 saturated carbocycles. The van der Waals surface area contributed by atoms with Crippen LogP contribution in [0.15, 0.2) is 78.9 Å². The average molecular weight is 408 g/mol. The van der Waals surface area contributed by atoms with Gasteiger partial charge in [-0.1, -0.05) is 123 Å². The number of hydrogen-bond donors (Lipinski definition) is 0. The number of rotatable bonds is 7. The molecule has 0 bridgehead atoms. The zero-order valence-electron chi connectivity index (χ0n) is 17.9. The zero-order chi connectivity index (χ0) is 19.8. The smallest absolute Gasteiger partial charge is 0.0774 e. The van der Waals surface area contributed by atoms with Gasteiger partial charge in [-0.05, 0) is 12.1 Å². The average Bonchev–Trinajstić information content (AvgIpc) is 3.16. The minimum absolute atomic E-state index is 0.217. The van der Waals surface area contributed by atoms with Gasteiger partial charge >= 0.3 is 0 Å². The van der Waals surface area contributed by atoms with Gasteiger partial charge in [-0.3, -0.25) is 0 Å². The second-order valence-electron chi connectivity index (χ2n) is 10.7. The zero-order valence-corrected chi connectivity index (χ0v) is 20.9. The maximum absolute atomic E-state index is 2.57. The summed E-state index contributed by atoms with van der Waals surface area (Å²) in [5.74, 6) is 0. The third-order valence-electron chi connectivity index (χ3n) is 5.44. The summed E-state index contributed by atoms with van der Waals surface area (Å²) in [6, 6.07) is 14.2. The maximum atomic E-state index is 2.57. The molecule has 1 aromatic rings. The first-order valence-electron chi connectivity index (χ1n) is 10.2. The third-order valence-corrected chi connectivity index (χ3v) is 13.2. The molecule has 0 unspecified atom stereocenters. The Morgan fingerprint density at radius 2 is 1.00 bits per heavy atom. The molecule has 2 aliphatic carbocycles. The molecule has 0 heterocycles. The summed E-state index contributed by atoms with van der Waals surface area (Å²) < 4.78 is 0. The molecule has 0 nitrogen and oxygen atoms in total. The Bertz CT molecular complexity index is 698. The lowest BCUT2D eigenvalue weighted by Gasteiger charge is -2.48. The summed E-state index contributed by atoms with van der Waals surface area (Å²) in [5, 5.41) is 2.02. The van der Waals surface area contributed by atoms with Crippen molar-refractivity contribution in [1.29, 1.82) is 0 Å². The van der Waals surface area contributed by atoms with E-state index in [2.05, 4.69) is 118 Å². The van der Waals surface area contributed by atoms with Crippen LogP contribution in [0.4, 0.5) is 0 Å². The van der Waals surface area contributed by atoms with Crippen LogP contribution in [0, 0.1) is 0 Å². The van der Waals surface area contributed by atoms with Crippen molar-refractivity contribution in [1.82, 2.24) is 0 Å². The standard InChI is InChI=1S/C24H35Si3/c1-26(2,3)20-23(16-10-11-17-23)25(22-14-8-7-9-15-22)24(18-12-13-19-24)21-27(4,5)6/h7-19H,20-21H2,1-6H3. The molecule has 3 rings (SSSR count). The highest BCUT2D eigenvalue weighted by Crippen LogP contribution is 2.57. The summed E-state index contributed by atoms with van der Waals surface area (Å²) in [7, 11) is -3.43. The molecule has 0 amide bonds. The monoisotopic (exact) mass is 407 g/mol. The summed E-state index contributed by atoms with van der Waals surface area (Å²) in [4.78, 5) is 0. The van der Waals surface area contributed by atoms with E-state index >= 15 is 0 Å². The van der Waals surface area contributed by atoms with E-state index in [-0.39, 0.29) is 10.1 Å². The van der Waals surface area contributed by atoms with Gasteiger partial charge in [-0.25, -0.2) is 0 Å². The molecule has 3 heteroatoms. The highest BCUT2D eigenvalue weighted by molar-refractivity contribution is 6.87. The van der Waals surface area contributed by atoms with Crippen molar-refractivity contribution in [2.24, 2.45) is 0 Å². The molecule has 2 aliphatic rings. The lowest BCUT2D eigenvalue weighted by Crippen LogP contribution is -2.52. The normalized spacial score (nSPS) is 20.1. The van der Waals surface area contributed by atoms with Gasteiger partial charge in [-0.15, -0.1) is 0 Å². The highest BCUT2D eigenvalue weighted by Gasteiger charge is 2.52. The minimum atomic E-state index is -1.25. The lowest BCUT2D eigenvalue weighted by molar-refractivity contribution is 0.830. The van der Waals surface area contributed by atoms with E-state index in [9.17, 15) is 0 Å². The van der Waals surface area contributed by atoms with Crippen LogP contribution in [-0.2, 0) is 0 Å². The number of hydrogen-bond acceptors (Lipinski definition) is 0. The molecule has 0 N–H and O–H groups in total. The summed E-state index contributed by atoms with van der Waals surface area (Å²) >= 11 is 0. The SMILES string of the molecule is C[Si](C)(C)CC1([Si](c2ccccc2)C2(C[Si](C)(C)C)C=CC=C2)C=CC=C1. The van der Waals surface area contributed by atoms with Gasteiger partial charge in [0, 0.05) is 26.2 Å². The van der Waals surface area contributed by atoms with Crippen LogP contribution in [-0.4, -0.2) is 24.9 Å². The molecule has 0 fully saturated rings. The molecular weight excluding hydrogens is 373 g/mol. The summed E-state index contributed by atoms with van der Waals surface area (Å²) in [6.07, 6.45) is 19.5. The van der Waals surface area contributed by atoms with Crippen molar-refractivity contribution >= 4 is 30.1 Å². The molecule has 1 radical (unpaired) electrons. The van der Waals surface area contributed by atoms with Crippen LogP contribution >= 0.6 is 0 Å². The molecule has 0 atom stereocenters. The Morgan fingerprint density at radius 1 is 0.630 bits per heavy atom. The quantitative estimate of drug-likeness (QED) is 0.436. The summed E-state index contributed by atoms with van der Waals surface area (Å²) in [6.45, 7) is 15.2. The fourth-order valence-electron chi connectivity index (χ4n) is 5.10. The Balaban J connectivity index is 2.20. The van der Waals surface area contributed by atoms with Gasteiger partial charge < -0.3 is 0 Å². The number of benzene rings is 1. The largest absolute Gasteiger partial charge is 0.115 e. The first-order chi connectivity index (χ1) is 12.6. The molecule has 0 spiro atoms. The Kier molecular flexibility index (Phi) is 5.59. The van der Waals surface area contributed by atoms with Crippen LogP contribution in [0.25, 0.3) is 0 Å². The molecule has 0 aliphatic heterocycles. The Morgan fingerprint density at radius 3 is 1.33 bits per heavy atom. The highest BCUT2D eigenvalue weighted by atomic mass is 28.3. The third kappa shape index (κ3) is 4.64. The maximum Gasteiger partial charge on any atom is 0.115 e. The van der Waals surface area contributed by atoms with Crippen LogP contribution in [0.2, 0.25) is 61.4 Å². The van der Waals surface area contributed by atoms with Crippen molar-refractivity contribution in [3.63, 3.8) is 0 Å². The van der Waals surface area contributed by atoms with Gasteiger partial charge in [0.2, 0.25) is 0 Å². The van der Waals surface area contributed by atoms with Crippen molar-refractivity contribution in [2.75, 3.05) is 0 Å². The van der Waals surface area contributed by atoms with Crippen molar-refractivity contribution < 1.29 is 0 Å². The molecule has 0 saturated heterocycles. The lowest BCUT2D eigenvalue weighted by atomic mass is 10.2. The van der Waals surface area contributed by atoms with E-state index in [1.165, 1.54) is 12.1 Å². The Hall–Kier alpha value is -1.17. The molecular formula is C24H35Si3. The second kappa shape index (κ2) is 7.34. The predicted octanol–water partition coefficient (Wildman–Crippen LogP) is 6.80. The summed E-state index contributed by atoms with van der Waals surface area (Å²) in [5.41, 5.74) is 0. The van der Waals surface area contributed by atoms with Gasteiger partial charge in [0.05, 0.1) is 0 Å². The van der Waals surface area contributed by atoms with Gasteiger partial charge in [0.1, 0.15) is 8.80 Å². The van der Waals surface area contributed by atoms with Crippen LogP contribution in [0.1, 0.15) is 0 Å². The molecule has 1 aromatic carbocycles. The van der Waals surface area contributed by atoms with Crippen molar-refractivity contribution in [3.8, 4) is 0 Å². The van der Waals surface area contributed by atoms with Crippen LogP contribution < -0.4 is 5.19 Å². The first kappa shape index (κ1) is 20.6. The molecule has 143 valence electrons. The van der Waals surface area contributed by atoms with E-state index in [0.717, 1.165) is 0 Å². The predicted molar refractivity (Wildman–Crippen MR) is 130 cm³/mol. The van der Waals surface area contributed by atoms with Crippen LogP contribution in [0.3, 0.4) is 0 Å². The molecule has 27 heavy (non-hydrogen) atoms. The van der Waals surface area contributed by atoms with E-state index < -0.39 is 24.9 Å². The number of allylic oxidation sites excluding steroid dienone is 8. The minimum Gasteiger partial charge on any atom is -0.0774 e. The fourth-order valence-corrected chi connectivity index (χ4v) is 17.2. The van der Waals surface area contributed by atoms with Gasteiger partial charge in [0.25, 0.3) is 0 Å². The second-order valence-corrected chi connectivity index (χ2v) is 24.9. The van der Waals surface area contributed by atoms with Gasteiger partial charge in [0.15, 0.2) is 0 Å². The van der Waals surface area contributed by atoms with Crippen LogP contribution in [0.5, 0.6) is 0 Å². The first-order valence-corrected chi connectivity index (χ1v) is 19.1. The van der Waals surface area contributed by atoms with E-state index in [1.54, 1.807) is 5.19 Å². The van der Waals surface area contributed by atoms with Crippen molar-refractivity contribution in [3.05, 3.63) is 78.9 Å². The topological polar surface area (TPSA) is 0 Å². The van der Waals surface area contributed by atoms with E-state index in [1.807, 2.05) is 0 Å². The molecule has 0 aromatic heterocycles. The fraction of sp³-hybridized carbons (Fsp3) is 0.417. The Labute approximate surface area is 170 Å². The van der Waals surface area contributed by atoms with E-state index in [4.69, 9.17) is 0 Å². The van der Waals surface area contributed by atoms with Gasteiger partial charge in [-0.2, -0.15) is 0 Å². The van der Waals surface area contributed by atoms with E-state index in [0.29, 0.717) is 0 Å². The van der Waals surface area contributed by atoms with Crippen molar-refractivity contribution in [2.45, 2.75) is 61.4 Å².